The van der Waals surface area contributed by atoms with Gasteiger partial charge in [-0.1, -0.05) is 6.07 Å². The molecule has 8 heteroatoms. The van der Waals surface area contributed by atoms with E-state index in [1.165, 1.54) is 11.3 Å². The number of hydrogen-bond donors (Lipinski definition) is 0. The summed E-state index contributed by atoms with van der Waals surface area (Å²) in [7, 11) is 3.48. The number of aromatic nitrogens is 3. The quantitative estimate of drug-likeness (QED) is 0.696. The largest absolute Gasteiger partial charge is 0.344 e. The lowest BCUT2D eigenvalue weighted by Crippen LogP contribution is -2.29. The molecule has 3 aromatic rings. The topological polar surface area (TPSA) is 79.3 Å². The predicted octanol–water partition coefficient (Wildman–Crippen LogP) is 2.42. The standard InChI is InChI=1S/C19H19N5O2S/c1-23(2)19(26)16-14(15-17(27-16)22-9-8-21-15)12-6-10-24(11-12)18(25)13-5-3-4-7-20-13/h3-5,7-9,12H,6,10-11H2,1-2H3/t12-/m0/s1. The number of nitrogens with zero attached hydrogens (tertiary/aromatic N) is 5. The average Bonchev–Trinajstić information content (AvgIpc) is 3.31. The summed E-state index contributed by atoms with van der Waals surface area (Å²) in [6.07, 6.45) is 5.69. The molecule has 0 N–H and O–H groups in total. The van der Waals surface area contributed by atoms with Crippen molar-refractivity contribution in [3.05, 3.63) is 52.9 Å². The van der Waals surface area contributed by atoms with Crippen molar-refractivity contribution in [2.75, 3.05) is 27.2 Å². The second-order valence-electron chi connectivity index (χ2n) is 6.71. The van der Waals surface area contributed by atoms with Crippen molar-refractivity contribution >= 4 is 33.5 Å². The monoisotopic (exact) mass is 381 g/mol. The zero-order valence-electron chi connectivity index (χ0n) is 15.1. The fourth-order valence-electron chi connectivity index (χ4n) is 3.42. The lowest BCUT2D eigenvalue weighted by Gasteiger charge is -2.17. The highest BCUT2D eigenvalue weighted by molar-refractivity contribution is 7.20. The lowest BCUT2D eigenvalue weighted by atomic mass is 9.97. The summed E-state index contributed by atoms with van der Waals surface area (Å²) in [5, 5.41) is 0. The van der Waals surface area contributed by atoms with Crippen LogP contribution in [0.1, 0.15) is 38.1 Å². The minimum Gasteiger partial charge on any atom is -0.344 e. The van der Waals surface area contributed by atoms with E-state index in [2.05, 4.69) is 15.0 Å². The maximum absolute atomic E-state index is 12.7. The summed E-state index contributed by atoms with van der Waals surface area (Å²) in [6.45, 7) is 1.18. The minimum absolute atomic E-state index is 0.0516. The van der Waals surface area contributed by atoms with Crippen LogP contribution in [0.25, 0.3) is 10.3 Å². The normalized spacial score (nSPS) is 16.7. The van der Waals surface area contributed by atoms with Gasteiger partial charge < -0.3 is 9.80 Å². The SMILES string of the molecule is CN(C)C(=O)c1sc2nccnc2c1[C@H]1CCN(C(=O)c2ccccn2)C1. The van der Waals surface area contributed by atoms with Crippen LogP contribution in [0.15, 0.2) is 36.8 Å². The van der Waals surface area contributed by atoms with E-state index < -0.39 is 0 Å². The van der Waals surface area contributed by atoms with E-state index in [0.717, 1.165) is 22.3 Å². The summed E-state index contributed by atoms with van der Waals surface area (Å²) in [5.74, 6) is -0.0736. The van der Waals surface area contributed by atoms with Crippen LogP contribution in [0.3, 0.4) is 0 Å². The van der Waals surface area contributed by atoms with Gasteiger partial charge in [0.1, 0.15) is 16.0 Å². The molecule has 7 nitrogen and oxygen atoms in total. The van der Waals surface area contributed by atoms with Crippen molar-refractivity contribution < 1.29 is 9.59 Å². The fourth-order valence-corrected chi connectivity index (χ4v) is 4.63. The molecule has 0 radical (unpaired) electrons. The molecule has 0 unspecified atom stereocenters. The highest BCUT2D eigenvalue weighted by atomic mass is 32.1. The van der Waals surface area contributed by atoms with Gasteiger partial charge >= 0.3 is 0 Å². The maximum atomic E-state index is 12.7. The molecule has 1 fully saturated rings. The molecule has 0 saturated carbocycles. The number of amides is 2. The smallest absolute Gasteiger partial charge is 0.272 e. The van der Waals surface area contributed by atoms with E-state index in [4.69, 9.17) is 0 Å². The van der Waals surface area contributed by atoms with Gasteiger partial charge in [0.2, 0.25) is 0 Å². The Morgan fingerprint density at radius 2 is 1.96 bits per heavy atom. The lowest BCUT2D eigenvalue weighted by molar-refractivity contribution is 0.0785. The van der Waals surface area contributed by atoms with E-state index >= 15 is 0 Å². The van der Waals surface area contributed by atoms with Crippen LogP contribution >= 0.6 is 11.3 Å². The first-order chi connectivity index (χ1) is 13.1. The molecule has 1 aliphatic heterocycles. The number of likely N-dealkylation sites (tertiary alicyclic amines) is 1. The fraction of sp³-hybridized carbons (Fsp3) is 0.316. The Labute approximate surface area is 160 Å². The van der Waals surface area contributed by atoms with Crippen LogP contribution in [0, 0.1) is 0 Å². The highest BCUT2D eigenvalue weighted by Gasteiger charge is 2.34. The zero-order chi connectivity index (χ0) is 19.0. The first-order valence-corrected chi connectivity index (χ1v) is 9.53. The molecule has 27 heavy (non-hydrogen) atoms. The number of fused-ring (bicyclic) bond motifs is 1. The van der Waals surface area contributed by atoms with Crippen molar-refractivity contribution in [3.8, 4) is 0 Å². The summed E-state index contributed by atoms with van der Waals surface area (Å²) >= 11 is 1.37. The van der Waals surface area contributed by atoms with E-state index in [-0.39, 0.29) is 17.7 Å². The Hall–Kier alpha value is -2.87. The molecule has 0 aliphatic carbocycles. The summed E-state index contributed by atoms with van der Waals surface area (Å²) in [4.78, 5) is 43.2. The molecule has 1 atom stereocenters. The van der Waals surface area contributed by atoms with Crippen molar-refractivity contribution in [2.45, 2.75) is 12.3 Å². The molecule has 2 amide bonds. The summed E-state index contributed by atoms with van der Waals surface area (Å²) in [6, 6.07) is 5.32. The summed E-state index contributed by atoms with van der Waals surface area (Å²) in [5.41, 5.74) is 2.13. The van der Waals surface area contributed by atoms with Gasteiger partial charge in [0, 0.05) is 57.3 Å². The van der Waals surface area contributed by atoms with Crippen LogP contribution in [0.4, 0.5) is 0 Å². The first kappa shape index (κ1) is 17.5. The average molecular weight is 381 g/mol. The number of carbonyl (C=O) groups excluding carboxylic acids is 2. The molecule has 0 bridgehead atoms. The Balaban J connectivity index is 1.68. The van der Waals surface area contributed by atoms with E-state index in [1.54, 1.807) is 54.6 Å². The van der Waals surface area contributed by atoms with Gasteiger partial charge in [-0.3, -0.25) is 19.6 Å². The molecule has 4 rings (SSSR count). The van der Waals surface area contributed by atoms with Crippen LogP contribution < -0.4 is 0 Å². The van der Waals surface area contributed by atoms with E-state index in [0.29, 0.717) is 23.7 Å². The van der Waals surface area contributed by atoms with Gasteiger partial charge in [-0.2, -0.15) is 0 Å². The number of thiophene rings is 1. The van der Waals surface area contributed by atoms with E-state index in [1.807, 2.05) is 6.07 Å². The third-order valence-electron chi connectivity index (χ3n) is 4.73. The third kappa shape index (κ3) is 3.16. The van der Waals surface area contributed by atoms with Crippen LogP contribution in [0.5, 0.6) is 0 Å². The Kier molecular flexibility index (Phi) is 4.57. The van der Waals surface area contributed by atoms with Crippen molar-refractivity contribution in [1.82, 2.24) is 24.8 Å². The number of carbonyl (C=O) groups is 2. The molecule has 4 heterocycles. The zero-order valence-corrected chi connectivity index (χ0v) is 15.9. The first-order valence-electron chi connectivity index (χ1n) is 8.71. The Morgan fingerprint density at radius 1 is 1.15 bits per heavy atom. The molecule has 0 spiro atoms. The van der Waals surface area contributed by atoms with Crippen LogP contribution in [-0.4, -0.2) is 63.8 Å². The van der Waals surface area contributed by atoms with E-state index in [9.17, 15) is 9.59 Å². The molecule has 0 aromatic carbocycles. The minimum atomic E-state index is -0.0794. The molecular weight excluding hydrogens is 362 g/mol. The van der Waals surface area contributed by atoms with Gasteiger partial charge in [-0.05, 0) is 18.6 Å². The molecule has 138 valence electrons. The van der Waals surface area contributed by atoms with Gasteiger partial charge in [0.15, 0.2) is 0 Å². The van der Waals surface area contributed by atoms with Gasteiger partial charge in [0.25, 0.3) is 11.8 Å². The Bertz CT molecular complexity index is 1000. The summed E-state index contributed by atoms with van der Waals surface area (Å²) < 4.78 is 0. The number of hydrogen-bond acceptors (Lipinski definition) is 6. The second-order valence-corrected chi connectivity index (χ2v) is 7.71. The predicted molar refractivity (Wildman–Crippen MR) is 103 cm³/mol. The molecular formula is C19H19N5O2S. The van der Waals surface area contributed by atoms with Crippen molar-refractivity contribution in [1.29, 1.82) is 0 Å². The molecule has 3 aromatic heterocycles. The number of pyridine rings is 1. The highest BCUT2D eigenvalue weighted by Crippen LogP contribution is 2.39. The maximum Gasteiger partial charge on any atom is 0.272 e. The Morgan fingerprint density at radius 3 is 2.70 bits per heavy atom. The number of rotatable bonds is 3. The van der Waals surface area contributed by atoms with Gasteiger partial charge in [-0.15, -0.1) is 11.3 Å². The third-order valence-corrected chi connectivity index (χ3v) is 5.82. The van der Waals surface area contributed by atoms with Crippen molar-refractivity contribution in [2.24, 2.45) is 0 Å². The van der Waals surface area contributed by atoms with Gasteiger partial charge in [0.05, 0.1) is 4.88 Å². The molecule has 1 aliphatic rings. The second kappa shape index (κ2) is 7.03. The van der Waals surface area contributed by atoms with Crippen molar-refractivity contribution in [3.63, 3.8) is 0 Å². The van der Waals surface area contributed by atoms with Crippen LogP contribution in [-0.2, 0) is 0 Å². The van der Waals surface area contributed by atoms with Gasteiger partial charge in [-0.25, -0.2) is 4.98 Å². The van der Waals surface area contributed by atoms with Crippen LogP contribution in [0.2, 0.25) is 0 Å². The molecule has 1 saturated heterocycles.